The third-order valence-corrected chi connectivity index (χ3v) is 13.9. The van der Waals surface area contributed by atoms with Crippen molar-refractivity contribution in [3.63, 3.8) is 0 Å². The van der Waals surface area contributed by atoms with Crippen molar-refractivity contribution in [2.45, 2.75) is 70.2 Å². The average Bonchev–Trinajstić information content (AvgIpc) is 3.47. The zero-order valence-corrected chi connectivity index (χ0v) is 29.5. The highest BCUT2D eigenvalue weighted by atomic mass is 28.4. The maximum absolute atomic E-state index is 13.2. The molecule has 3 atom stereocenters. The van der Waals surface area contributed by atoms with Gasteiger partial charge in [-0.15, -0.1) is 0 Å². The van der Waals surface area contributed by atoms with Crippen LogP contribution in [-0.4, -0.2) is 67.6 Å². The Balaban J connectivity index is 1.03. The number of nitrogens with zero attached hydrogens (tertiary/aromatic N) is 2. The van der Waals surface area contributed by atoms with Gasteiger partial charge in [0, 0.05) is 12.8 Å². The van der Waals surface area contributed by atoms with E-state index in [1.165, 1.54) is 4.57 Å². The molecule has 13 heteroatoms. The van der Waals surface area contributed by atoms with Crippen LogP contribution in [0.2, 0.25) is 18.1 Å². The number of alkyl carbamates (subject to hydrolysis) is 1. The molecule has 12 nitrogen and oxygen atoms in total. The van der Waals surface area contributed by atoms with E-state index >= 15 is 0 Å². The summed E-state index contributed by atoms with van der Waals surface area (Å²) < 4.78 is 31.5. The van der Waals surface area contributed by atoms with Crippen molar-refractivity contribution in [2.75, 3.05) is 31.7 Å². The van der Waals surface area contributed by atoms with Crippen LogP contribution in [0.25, 0.3) is 10.8 Å². The third-order valence-electron chi connectivity index (χ3n) is 9.41. The summed E-state index contributed by atoms with van der Waals surface area (Å²) in [5, 5.41) is 18.2. The van der Waals surface area contributed by atoms with E-state index in [0.29, 0.717) is 35.8 Å². The number of benzene rings is 3. The fraction of sp³-hybridized carbons (Fsp3) is 0.417. The van der Waals surface area contributed by atoms with Gasteiger partial charge >= 0.3 is 11.8 Å². The lowest BCUT2D eigenvalue weighted by molar-refractivity contribution is -0.0439. The normalized spacial score (nSPS) is 18.6. The predicted molar refractivity (Wildman–Crippen MR) is 188 cm³/mol. The van der Waals surface area contributed by atoms with Gasteiger partial charge in [-0.25, -0.2) is 9.59 Å². The number of aliphatic hydroxyl groups excluding tert-OH is 1. The largest absolute Gasteiger partial charge is 0.489 e. The zero-order valence-electron chi connectivity index (χ0n) is 28.5. The van der Waals surface area contributed by atoms with Gasteiger partial charge in [0.15, 0.2) is 25.6 Å². The summed E-state index contributed by atoms with van der Waals surface area (Å²) in [6.45, 7) is 11.2. The van der Waals surface area contributed by atoms with E-state index in [-0.39, 0.29) is 43.3 Å². The second-order valence-electron chi connectivity index (χ2n) is 13.8. The number of ether oxygens (including phenoxy) is 4. The summed E-state index contributed by atoms with van der Waals surface area (Å²) in [6.07, 6.45) is 0.455. The second-order valence-corrected chi connectivity index (χ2v) is 18.5. The van der Waals surface area contributed by atoms with Crippen LogP contribution in [0.1, 0.15) is 39.0 Å². The van der Waals surface area contributed by atoms with Crippen molar-refractivity contribution in [3.05, 3.63) is 82.9 Å². The van der Waals surface area contributed by atoms with Crippen LogP contribution in [0.3, 0.4) is 0 Å². The molecule has 3 heterocycles. The van der Waals surface area contributed by atoms with Crippen LogP contribution in [0, 0.1) is 0 Å². The van der Waals surface area contributed by atoms with E-state index in [4.69, 9.17) is 23.4 Å². The van der Waals surface area contributed by atoms with Gasteiger partial charge in [-0.05, 0) is 46.6 Å². The molecule has 6 rings (SSSR count). The summed E-state index contributed by atoms with van der Waals surface area (Å²) in [5.41, 5.74) is 1.10. The van der Waals surface area contributed by atoms with E-state index in [2.05, 4.69) is 67.7 Å². The Kier molecular flexibility index (Phi) is 9.98. The fourth-order valence-electron chi connectivity index (χ4n) is 5.74. The Morgan fingerprint density at radius 1 is 1.08 bits per heavy atom. The number of carbonyl (C=O) groups is 1. The van der Waals surface area contributed by atoms with Gasteiger partial charge in [-0.3, -0.25) is 4.57 Å². The minimum atomic E-state index is -2.15. The zero-order chi connectivity index (χ0) is 34.8. The topological polar surface area (TPSA) is 142 Å². The molecular formula is C36H44N4O8Si. The molecule has 3 N–H and O–H groups in total. The van der Waals surface area contributed by atoms with E-state index in [1.54, 1.807) is 24.4 Å². The summed E-state index contributed by atoms with van der Waals surface area (Å²) in [7, 11) is -2.15. The van der Waals surface area contributed by atoms with Crippen molar-refractivity contribution in [1.82, 2.24) is 14.9 Å². The summed E-state index contributed by atoms with van der Waals surface area (Å²) in [6, 6.07) is 19.5. The summed E-state index contributed by atoms with van der Waals surface area (Å²) >= 11 is 0. The molecule has 49 heavy (non-hydrogen) atoms. The molecule has 2 aliphatic rings. The Bertz CT molecular complexity index is 1870. The first kappa shape index (κ1) is 34.4. The molecule has 1 amide bonds. The van der Waals surface area contributed by atoms with Crippen molar-refractivity contribution < 1.29 is 33.3 Å². The molecule has 0 bridgehead atoms. The van der Waals surface area contributed by atoms with E-state index in [1.807, 2.05) is 24.3 Å². The number of hydrogen-bond donors (Lipinski definition) is 3. The first-order chi connectivity index (χ1) is 23.4. The lowest BCUT2D eigenvalue weighted by Crippen LogP contribution is -2.46. The summed E-state index contributed by atoms with van der Waals surface area (Å²) in [5.74, 6) is 1.53. The Labute approximate surface area is 286 Å². The molecule has 0 radical (unpaired) electrons. The van der Waals surface area contributed by atoms with Crippen LogP contribution in [-0.2, 0) is 20.3 Å². The van der Waals surface area contributed by atoms with Crippen LogP contribution in [0.4, 0.5) is 16.3 Å². The van der Waals surface area contributed by atoms with E-state index in [9.17, 15) is 14.7 Å². The number of aliphatic hydroxyl groups is 1. The van der Waals surface area contributed by atoms with Gasteiger partial charge in [0.1, 0.15) is 30.4 Å². The van der Waals surface area contributed by atoms with Crippen molar-refractivity contribution in [3.8, 4) is 17.2 Å². The average molecular weight is 689 g/mol. The number of rotatable bonds is 11. The van der Waals surface area contributed by atoms with Crippen molar-refractivity contribution in [1.29, 1.82) is 0 Å². The molecule has 0 unspecified atom stereocenters. The number of anilines is 2. The third kappa shape index (κ3) is 7.59. The first-order valence-corrected chi connectivity index (χ1v) is 19.5. The van der Waals surface area contributed by atoms with Gasteiger partial charge in [0.25, 0.3) is 0 Å². The molecule has 3 aromatic carbocycles. The lowest BCUT2D eigenvalue weighted by Gasteiger charge is -2.39. The number of nitrogens with one attached hydrogen (secondary N) is 2. The number of hydrogen-bond acceptors (Lipinski definition) is 10. The monoisotopic (exact) mass is 688 g/mol. The maximum Gasteiger partial charge on any atom is 0.407 e. The molecular weight excluding hydrogens is 645 g/mol. The predicted octanol–water partition coefficient (Wildman–Crippen LogP) is 6.26. The van der Waals surface area contributed by atoms with Gasteiger partial charge in [0.05, 0.1) is 32.1 Å². The van der Waals surface area contributed by atoms with Crippen LogP contribution >= 0.6 is 0 Å². The van der Waals surface area contributed by atoms with Gasteiger partial charge in [0.2, 0.25) is 0 Å². The van der Waals surface area contributed by atoms with Gasteiger partial charge in [-0.2, -0.15) is 4.98 Å². The van der Waals surface area contributed by atoms with Crippen molar-refractivity contribution in [2.24, 2.45) is 0 Å². The fourth-order valence-corrected chi connectivity index (χ4v) is 7.10. The highest BCUT2D eigenvalue weighted by Crippen LogP contribution is 2.46. The molecule has 1 saturated heterocycles. The molecule has 1 fully saturated rings. The first-order valence-electron chi connectivity index (χ1n) is 16.6. The van der Waals surface area contributed by atoms with Gasteiger partial charge < -0.3 is 39.1 Å². The maximum atomic E-state index is 13.2. The molecule has 260 valence electrons. The Hall–Kier alpha value is -4.43. The highest BCUT2D eigenvalue weighted by molar-refractivity contribution is 6.74. The standard InChI is InChI=1S/C36H44N4O8Si/c1-36(2,3)49(4,5)48-28-20-31(47-30(28)22-41)40-21-29-33(39-34(40)42)38-32-26(14-9-15-27(32)46-29)44-19-17-37-35(43)45-18-16-24-12-8-11-23-10-6-7-13-25(23)24/h6-15,21,28,30-31,41H,16-20,22H2,1-5H3,(H,37,43)(H,38,39,42)/t28-,30-,31-/m1/s1. The number of para-hydroxylation sites is 1. The smallest absolute Gasteiger partial charge is 0.407 e. The number of amides is 1. The molecule has 2 aliphatic heterocycles. The molecule has 0 spiro atoms. The molecule has 0 saturated carbocycles. The minimum absolute atomic E-state index is 0.0217. The second kappa shape index (κ2) is 14.2. The molecule has 1 aromatic heterocycles. The Morgan fingerprint density at radius 2 is 1.86 bits per heavy atom. The SMILES string of the molecule is CC(C)(C)[Si](C)(C)O[C@@H]1C[C@H](n2cc3c(nc2=O)Nc2c(OCCNC(=O)OCCc4cccc5ccccc45)cccc2O3)O[C@@H]1CO. The van der Waals surface area contributed by atoms with Gasteiger partial charge in [-0.1, -0.05) is 69.3 Å². The quantitative estimate of drug-likeness (QED) is 0.107. The number of fused-ring (bicyclic) bond motifs is 3. The lowest BCUT2D eigenvalue weighted by atomic mass is 10.0. The molecule has 0 aliphatic carbocycles. The molecule has 4 aromatic rings. The van der Waals surface area contributed by atoms with Crippen LogP contribution in [0.5, 0.6) is 17.2 Å². The highest BCUT2D eigenvalue weighted by Gasteiger charge is 2.45. The Morgan fingerprint density at radius 3 is 2.65 bits per heavy atom. The van der Waals surface area contributed by atoms with E-state index in [0.717, 1.165) is 16.3 Å². The van der Waals surface area contributed by atoms with Crippen LogP contribution < -0.4 is 25.8 Å². The number of aromatic nitrogens is 2. The summed E-state index contributed by atoms with van der Waals surface area (Å²) in [4.78, 5) is 29.7. The van der Waals surface area contributed by atoms with Crippen molar-refractivity contribution >= 4 is 36.7 Å². The minimum Gasteiger partial charge on any atom is -0.489 e. The van der Waals surface area contributed by atoms with E-state index < -0.39 is 32.4 Å². The van der Waals surface area contributed by atoms with Crippen LogP contribution in [0.15, 0.2) is 71.7 Å². The number of carbonyl (C=O) groups excluding carboxylic acids is 1.